The van der Waals surface area contributed by atoms with Crippen molar-refractivity contribution in [3.8, 4) is 11.3 Å². The summed E-state index contributed by atoms with van der Waals surface area (Å²) in [6.07, 6.45) is 1.79. The van der Waals surface area contributed by atoms with Crippen molar-refractivity contribution in [1.82, 2.24) is 19.9 Å². The van der Waals surface area contributed by atoms with Crippen LogP contribution in [0, 0.1) is 5.82 Å². The number of fused-ring (bicyclic) bond motifs is 2. The van der Waals surface area contributed by atoms with Gasteiger partial charge in [0.15, 0.2) is 5.13 Å². The van der Waals surface area contributed by atoms with E-state index in [1.165, 1.54) is 30.6 Å². The fourth-order valence-corrected chi connectivity index (χ4v) is 5.04. The molecule has 5 rings (SSSR count). The highest BCUT2D eigenvalue weighted by atomic mass is 32.1. The third-order valence-electron chi connectivity index (χ3n) is 6.00. The molecule has 2 aromatic carbocycles. The number of nitrogens with zero attached hydrogens (tertiary/aromatic N) is 3. The van der Waals surface area contributed by atoms with Gasteiger partial charge in [-0.25, -0.2) is 14.4 Å². The molecule has 0 saturated carbocycles. The second kappa shape index (κ2) is 10.1. The molecule has 8 nitrogen and oxygen atoms in total. The maximum atomic E-state index is 13.6. The number of carbonyl (C=O) groups is 2. The lowest BCUT2D eigenvalue weighted by atomic mass is 10.0. The minimum Gasteiger partial charge on any atom is -0.375 e. The van der Waals surface area contributed by atoms with Crippen molar-refractivity contribution < 1.29 is 18.7 Å². The van der Waals surface area contributed by atoms with Crippen molar-refractivity contribution in [2.24, 2.45) is 7.05 Å². The highest BCUT2D eigenvalue weighted by Crippen LogP contribution is 2.31. The predicted octanol–water partition coefficient (Wildman–Crippen LogP) is 5.07. The summed E-state index contributed by atoms with van der Waals surface area (Å²) >= 11 is 1.28. The smallest absolute Gasteiger partial charge is 0.253 e. The molecule has 0 bridgehead atoms. The molecule has 0 aliphatic rings. The van der Waals surface area contributed by atoms with Crippen LogP contribution >= 0.6 is 11.3 Å². The summed E-state index contributed by atoms with van der Waals surface area (Å²) < 4.78 is 20.4. The Kier molecular flexibility index (Phi) is 6.68. The van der Waals surface area contributed by atoms with Crippen LogP contribution in [0.25, 0.3) is 32.5 Å². The van der Waals surface area contributed by atoms with Crippen molar-refractivity contribution in [2.45, 2.75) is 13.0 Å². The van der Waals surface area contributed by atoms with E-state index in [0.717, 1.165) is 22.2 Å². The summed E-state index contributed by atoms with van der Waals surface area (Å²) in [6.45, 7) is 1.77. The van der Waals surface area contributed by atoms with Crippen molar-refractivity contribution in [3.63, 3.8) is 0 Å². The van der Waals surface area contributed by atoms with Gasteiger partial charge in [-0.05, 0) is 48.9 Å². The molecular formula is C27H24FN5O3S. The molecule has 2 N–H and O–H groups in total. The maximum Gasteiger partial charge on any atom is 0.253 e. The van der Waals surface area contributed by atoms with Crippen molar-refractivity contribution in [2.75, 3.05) is 19.0 Å². The zero-order chi connectivity index (χ0) is 26.1. The fourth-order valence-electron chi connectivity index (χ4n) is 4.18. The Hall–Kier alpha value is -4.15. The van der Waals surface area contributed by atoms with Crippen LogP contribution in [0.15, 0.2) is 60.8 Å². The molecule has 0 radical (unpaired) electrons. The lowest BCUT2D eigenvalue weighted by Gasteiger charge is -2.14. The Balaban J connectivity index is 1.44. The van der Waals surface area contributed by atoms with E-state index in [1.54, 1.807) is 18.3 Å². The largest absolute Gasteiger partial charge is 0.375 e. The number of aromatic nitrogens is 3. The Morgan fingerprint density at radius 1 is 1.14 bits per heavy atom. The minimum absolute atomic E-state index is 0.0530. The molecule has 0 aliphatic heterocycles. The summed E-state index contributed by atoms with van der Waals surface area (Å²) in [5.74, 6) is -0.876. The molecule has 3 heterocycles. The number of benzene rings is 2. The summed E-state index contributed by atoms with van der Waals surface area (Å²) in [4.78, 5) is 34.9. The number of carbonyl (C=O) groups excluding carboxylic acids is 2. The number of aryl methyl sites for hydroxylation is 1. The predicted molar refractivity (Wildman–Crippen MR) is 142 cm³/mol. The van der Waals surface area contributed by atoms with Crippen LogP contribution < -0.4 is 10.6 Å². The number of methoxy groups -OCH3 is 1. The highest BCUT2D eigenvalue weighted by molar-refractivity contribution is 7.22. The lowest BCUT2D eigenvalue weighted by molar-refractivity contribution is -0.119. The second-order valence-electron chi connectivity index (χ2n) is 8.66. The Labute approximate surface area is 216 Å². The number of amides is 2. The van der Waals surface area contributed by atoms with E-state index in [-0.39, 0.29) is 30.3 Å². The summed E-state index contributed by atoms with van der Waals surface area (Å²) in [5, 5.41) is 6.91. The number of anilines is 1. The first-order valence-corrected chi connectivity index (χ1v) is 12.4. The average Bonchev–Trinajstić information content (AvgIpc) is 3.43. The zero-order valence-corrected chi connectivity index (χ0v) is 21.2. The standard InChI is InChI=1S/C27H24FN5O3S/c1-15(16-5-4-6-18(28)11-16)29-25(35)20-13-33(2)23-10-7-17(12-19(20)23)21-8-9-22-26(30-21)37-27(31-22)32-24(34)14-36-3/h4-13,15H,14H2,1-3H3,(H,29,35)(H,31,32,34)/t15-/m0/s1. The van der Waals surface area contributed by atoms with Gasteiger partial charge in [-0.15, -0.1) is 0 Å². The number of rotatable bonds is 7. The van der Waals surface area contributed by atoms with E-state index >= 15 is 0 Å². The summed E-state index contributed by atoms with van der Waals surface area (Å²) in [7, 11) is 3.34. The number of ether oxygens (including phenoxy) is 1. The zero-order valence-electron chi connectivity index (χ0n) is 20.4. The van der Waals surface area contributed by atoms with Crippen molar-refractivity contribution in [1.29, 1.82) is 0 Å². The van der Waals surface area contributed by atoms with E-state index < -0.39 is 0 Å². The number of halogens is 1. The Morgan fingerprint density at radius 2 is 1.97 bits per heavy atom. The van der Waals surface area contributed by atoms with Crippen LogP contribution in [-0.2, 0) is 16.6 Å². The van der Waals surface area contributed by atoms with Crippen LogP contribution in [0.4, 0.5) is 9.52 Å². The fraction of sp³-hybridized carbons (Fsp3) is 0.185. The minimum atomic E-state index is -0.365. The number of hydrogen-bond acceptors (Lipinski definition) is 6. The van der Waals surface area contributed by atoms with Gasteiger partial charge < -0.3 is 14.6 Å². The van der Waals surface area contributed by atoms with Crippen LogP contribution in [0.3, 0.4) is 0 Å². The first-order chi connectivity index (χ1) is 17.8. The first-order valence-electron chi connectivity index (χ1n) is 11.5. The quantitative estimate of drug-likeness (QED) is 0.314. The molecule has 0 saturated heterocycles. The highest BCUT2D eigenvalue weighted by Gasteiger charge is 2.18. The van der Waals surface area contributed by atoms with Gasteiger partial charge >= 0.3 is 0 Å². The molecule has 10 heteroatoms. The van der Waals surface area contributed by atoms with Crippen LogP contribution in [0.2, 0.25) is 0 Å². The molecule has 1 atom stereocenters. The Morgan fingerprint density at radius 3 is 2.76 bits per heavy atom. The third kappa shape index (κ3) is 5.07. The van der Waals surface area contributed by atoms with Crippen molar-refractivity contribution >= 4 is 49.5 Å². The van der Waals surface area contributed by atoms with Crippen molar-refractivity contribution in [3.05, 3.63) is 77.7 Å². The van der Waals surface area contributed by atoms with E-state index in [1.807, 2.05) is 48.9 Å². The molecule has 188 valence electrons. The van der Waals surface area contributed by atoms with E-state index in [4.69, 9.17) is 9.72 Å². The van der Waals surface area contributed by atoms with Gasteiger partial charge in [0.05, 0.1) is 17.3 Å². The van der Waals surface area contributed by atoms with Crippen LogP contribution in [0.5, 0.6) is 0 Å². The maximum absolute atomic E-state index is 13.6. The molecule has 0 unspecified atom stereocenters. The number of nitrogens with one attached hydrogen (secondary N) is 2. The van der Waals surface area contributed by atoms with Crippen LogP contribution in [0.1, 0.15) is 28.9 Å². The normalized spacial score (nSPS) is 12.1. The molecule has 0 aliphatic carbocycles. The van der Waals surface area contributed by atoms with Gasteiger partial charge in [0.1, 0.15) is 22.8 Å². The molecular weight excluding hydrogens is 493 g/mol. The second-order valence-corrected chi connectivity index (χ2v) is 9.63. The topological polar surface area (TPSA) is 98.1 Å². The monoisotopic (exact) mass is 517 g/mol. The van der Waals surface area contributed by atoms with Gasteiger partial charge in [0.25, 0.3) is 11.8 Å². The summed E-state index contributed by atoms with van der Waals surface area (Å²) in [6, 6.07) is 15.4. The molecule has 37 heavy (non-hydrogen) atoms. The Bertz CT molecular complexity index is 1640. The molecule has 3 aromatic heterocycles. The molecule has 5 aromatic rings. The van der Waals surface area contributed by atoms with E-state index in [2.05, 4.69) is 15.6 Å². The van der Waals surface area contributed by atoms with Crippen LogP contribution in [-0.4, -0.2) is 40.1 Å². The molecule has 2 amide bonds. The number of thiazole rings is 1. The van der Waals surface area contributed by atoms with Gasteiger partial charge in [0, 0.05) is 36.8 Å². The summed E-state index contributed by atoms with van der Waals surface area (Å²) in [5.41, 5.74) is 4.34. The average molecular weight is 518 g/mol. The first kappa shape index (κ1) is 24.5. The van der Waals surface area contributed by atoms with Gasteiger partial charge in [-0.2, -0.15) is 0 Å². The molecule has 0 spiro atoms. The van der Waals surface area contributed by atoms with Gasteiger partial charge in [-0.1, -0.05) is 29.5 Å². The third-order valence-corrected chi connectivity index (χ3v) is 6.88. The van der Waals surface area contributed by atoms with Gasteiger partial charge in [0.2, 0.25) is 0 Å². The SMILES string of the molecule is COCC(=O)Nc1nc2ccc(-c3ccc4c(c3)c(C(=O)N[C@@H](C)c3cccc(F)c3)cn4C)nc2s1. The lowest BCUT2D eigenvalue weighted by Crippen LogP contribution is -2.26. The number of hydrogen-bond donors (Lipinski definition) is 2. The molecule has 0 fully saturated rings. The van der Waals surface area contributed by atoms with Gasteiger partial charge in [-0.3, -0.25) is 14.9 Å². The number of pyridine rings is 1. The van der Waals surface area contributed by atoms with E-state index in [9.17, 15) is 14.0 Å². The van der Waals surface area contributed by atoms with E-state index in [0.29, 0.717) is 26.6 Å².